The molecule has 17 heavy (non-hydrogen) atoms. The van der Waals surface area contributed by atoms with Gasteiger partial charge >= 0.3 is 0 Å². The van der Waals surface area contributed by atoms with E-state index in [-0.39, 0.29) is 0 Å². The summed E-state index contributed by atoms with van der Waals surface area (Å²) in [5.74, 6) is 0. The summed E-state index contributed by atoms with van der Waals surface area (Å²) < 4.78 is 0. The Kier molecular flexibility index (Phi) is 5.60. The van der Waals surface area contributed by atoms with Crippen LogP contribution in [0.5, 0.6) is 0 Å². The number of halogens is 1. The number of rotatable bonds is 7. The van der Waals surface area contributed by atoms with Crippen molar-refractivity contribution in [1.82, 2.24) is 9.88 Å². The lowest BCUT2D eigenvalue weighted by Gasteiger charge is -2.25. The third kappa shape index (κ3) is 3.80. The summed E-state index contributed by atoms with van der Waals surface area (Å²) in [4.78, 5) is 17.3. The average molecular weight is 251 g/mol. The van der Waals surface area contributed by atoms with E-state index in [1.54, 1.807) is 30.5 Å². The molecule has 0 aromatic carbocycles. The van der Waals surface area contributed by atoms with Gasteiger partial charge in [-0.15, -0.1) is 13.2 Å². The minimum atomic E-state index is -0.426. The van der Waals surface area contributed by atoms with Crippen LogP contribution in [0.15, 0.2) is 43.6 Å². The highest BCUT2D eigenvalue weighted by Crippen LogP contribution is 2.19. The number of hydrogen-bond acceptors (Lipinski definition) is 3. The van der Waals surface area contributed by atoms with Gasteiger partial charge in [0.25, 0.3) is 0 Å². The molecule has 90 valence electrons. The summed E-state index contributed by atoms with van der Waals surface area (Å²) in [6.45, 7) is 8.52. The monoisotopic (exact) mass is 250 g/mol. The quantitative estimate of drug-likeness (QED) is 0.551. The van der Waals surface area contributed by atoms with Crippen LogP contribution in [-0.4, -0.2) is 29.3 Å². The van der Waals surface area contributed by atoms with E-state index in [9.17, 15) is 4.79 Å². The Labute approximate surface area is 106 Å². The fourth-order valence-corrected chi connectivity index (χ4v) is 1.73. The second-order valence-corrected chi connectivity index (χ2v) is 3.95. The van der Waals surface area contributed by atoms with Crippen LogP contribution in [0, 0.1) is 0 Å². The minimum Gasteiger partial charge on any atom is -0.301 e. The van der Waals surface area contributed by atoms with Crippen molar-refractivity contribution in [3.63, 3.8) is 0 Å². The van der Waals surface area contributed by atoms with Gasteiger partial charge in [-0.25, -0.2) is 0 Å². The van der Waals surface area contributed by atoms with E-state index in [0.29, 0.717) is 23.8 Å². The first-order valence-electron chi connectivity index (χ1n) is 5.25. The largest absolute Gasteiger partial charge is 0.301 e. The Morgan fingerprint density at radius 1 is 1.41 bits per heavy atom. The molecule has 0 aliphatic carbocycles. The maximum Gasteiger partial charge on any atom is 0.143 e. The Morgan fingerprint density at radius 2 is 2.06 bits per heavy atom. The topological polar surface area (TPSA) is 33.2 Å². The molecule has 0 fully saturated rings. The van der Waals surface area contributed by atoms with Gasteiger partial charge in [0.15, 0.2) is 0 Å². The van der Waals surface area contributed by atoms with E-state index in [2.05, 4.69) is 18.1 Å². The number of carbonyl (C=O) groups excluding carboxylic acids is 1. The van der Waals surface area contributed by atoms with Crippen LogP contribution >= 0.6 is 11.6 Å². The predicted octanol–water partition coefficient (Wildman–Crippen LogP) is 2.65. The van der Waals surface area contributed by atoms with E-state index in [1.807, 2.05) is 4.90 Å². The third-order valence-electron chi connectivity index (χ3n) is 2.30. The standard InChI is InChI=1S/C13H15ClN2O/c1-3-7-16(8-4-2)13(10-17)12-9-11(14)5-6-15-12/h3-6,9-10,13H,1-2,7-8H2. The molecule has 1 heterocycles. The van der Waals surface area contributed by atoms with Crippen LogP contribution in [0.1, 0.15) is 11.7 Å². The summed E-state index contributed by atoms with van der Waals surface area (Å²) >= 11 is 5.89. The Bertz CT molecular complexity index is 396. The van der Waals surface area contributed by atoms with E-state index in [0.717, 1.165) is 6.29 Å². The van der Waals surface area contributed by atoms with Crippen molar-refractivity contribution < 1.29 is 4.79 Å². The first-order chi connectivity index (χ1) is 8.22. The summed E-state index contributed by atoms with van der Waals surface area (Å²) in [6.07, 6.45) is 5.93. The van der Waals surface area contributed by atoms with Gasteiger partial charge in [0.1, 0.15) is 12.3 Å². The van der Waals surface area contributed by atoms with Crippen molar-refractivity contribution in [3.8, 4) is 0 Å². The molecule has 4 heteroatoms. The summed E-state index contributed by atoms with van der Waals surface area (Å²) in [5, 5.41) is 0.569. The molecule has 0 saturated carbocycles. The number of hydrogen-bond donors (Lipinski definition) is 0. The molecule has 1 rings (SSSR count). The van der Waals surface area contributed by atoms with Crippen molar-refractivity contribution >= 4 is 17.9 Å². The third-order valence-corrected chi connectivity index (χ3v) is 2.53. The van der Waals surface area contributed by atoms with E-state index < -0.39 is 6.04 Å². The maximum atomic E-state index is 11.2. The van der Waals surface area contributed by atoms with Gasteiger partial charge in [0.2, 0.25) is 0 Å². The molecule has 1 atom stereocenters. The second kappa shape index (κ2) is 6.99. The van der Waals surface area contributed by atoms with Crippen LogP contribution in [0.2, 0.25) is 5.02 Å². The molecule has 0 saturated heterocycles. The normalized spacial score (nSPS) is 12.1. The smallest absolute Gasteiger partial charge is 0.143 e. The lowest BCUT2D eigenvalue weighted by atomic mass is 10.1. The molecule has 0 aliphatic heterocycles. The highest BCUT2D eigenvalue weighted by atomic mass is 35.5. The van der Waals surface area contributed by atoms with Crippen molar-refractivity contribution in [2.45, 2.75) is 6.04 Å². The zero-order chi connectivity index (χ0) is 12.7. The maximum absolute atomic E-state index is 11.2. The molecular formula is C13H15ClN2O. The van der Waals surface area contributed by atoms with Gasteiger partial charge in [0, 0.05) is 24.3 Å². The van der Waals surface area contributed by atoms with Crippen molar-refractivity contribution in [3.05, 3.63) is 54.4 Å². The number of nitrogens with zero attached hydrogens (tertiary/aromatic N) is 2. The fourth-order valence-electron chi connectivity index (χ4n) is 1.56. The van der Waals surface area contributed by atoms with Crippen molar-refractivity contribution in [1.29, 1.82) is 0 Å². The van der Waals surface area contributed by atoms with Crippen LogP contribution in [0.3, 0.4) is 0 Å². The zero-order valence-electron chi connectivity index (χ0n) is 9.55. The highest BCUT2D eigenvalue weighted by molar-refractivity contribution is 6.30. The minimum absolute atomic E-state index is 0.426. The molecule has 1 aromatic rings. The lowest BCUT2D eigenvalue weighted by Crippen LogP contribution is -2.30. The van der Waals surface area contributed by atoms with Gasteiger partial charge in [-0.1, -0.05) is 23.8 Å². The molecule has 0 aliphatic rings. The number of aromatic nitrogens is 1. The Balaban J connectivity index is 2.98. The van der Waals surface area contributed by atoms with Gasteiger partial charge in [-0.05, 0) is 12.1 Å². The predicted molar refractivity (Wildman–Crippen MR) is 70.0 cm³/mol. The van der Waals surface area contributed by atoms with Crippen molar-refractivity contribution in [2.75, 3.05) is 13.1 Å². The molecule has 0 N–H and O–H groups in total. The van der Waals surface area contributed by atoms with Crippen LogP contribution in [0.25, 0.3) is 0 Å². The second-order valence-electron chi connectivity index (χ2n) is 3.51. The first-order valence-corrected chi connectivity index (χ1v) is 5.63. The highest BCUT2D eigenvalue weighted by Gasteiger charge is 2.19. The number of aldehydes is 1. The summed E-state index contributed by atoms with van der Waals surface area (Å²) in [6, 6.07) is 2.95. The van der Waals surface area contributed by atoms with Crippen LogP contribution < -0.4 is 0 Å². The lowest BCUT2D eigenvalue weighted by molar-refractivity contribution is -0.112. The Hall–Kier alpha value is -1.45. The van der Waals surface area contributed by atoms with Gasteiger partial charge in [-0.3, -0.25) is 9.88 Å². The fraction of sp³-hybridized carbons (Fsp3) is 0.231. The molecule has 1 aromatic heterocycles. The molecular weight excluding hydrogens is 236 g/mol. The van der Waals surface area contributed by atoms with Crippen LogP contribution in [0.4, 0.5) is 0 Å². The molecule has 1 unspecified atom stereocenters. The SMILES string of the molecule is C=CCN(CC=C)C(C=O)c1cc(Cl)ccn1. The number of carbonyl (C=O) groups is 1. The van der Waals surface area contributed by atoms with Gasteiger partial charge in [-0.2, -0.15) is 0 Å². The number of pyridine rings is 1. The molecule has 0 amide bonds. The van der Waals surface area contributed by atoms with Crippen LogP contribution in [-0.2, 0) is 4.79 Å². The van der Waals surface area contributed by atoms with E-state index in [4.69, 9.17) is 11.6 Å². The molecule has 0 bridgehead atoms. The average Bonchev–Trinajstić information content (AvgIpc) is 2.31. The summed E-state index contributed by atoms with van der Waals surface area (Å²) in [5.41, 5.74) is 0.635. The van der Waals surface area contributed by atoms with Gasteiger partial charge < -0.3 is 4.79 Å². The van der Waals surface area contributed by atoms with E-state index in [1.165, 1.54) is 0 Å². The molecule has 0 spiro atoms. The molecule has 3 nitrogen and oxygen atoms in total. The van der Waals surface area contributed by atoms with Gasteiger partial charge in [0.05, 0.1) is 5.69 Å². The van der Waals surface area contributed by atoms with E-state index >= 15 is 0 Å². The van der Waals surface area contributed by atoms with Crippen molar-refractivity contribution in [2.24, 2.45) is 0 Å². The first kappa shape index (κ1) is 13.6. The summed E-state index contributed by atoms with van der Waals surface area (Å²) in [7, 11) is 0. The molecule has 0 radical (unpaired) electrons. The zero-order valence-corrected chi connectivity index (χ0v) is 10.3. The Morgan fingerprint density at radius 3 is 2.53 bits per heavy atom.